The Balaban J connectivity index is 2.42. The van der Waals surface area contributed by atoms with Gasteiger partial charge in [0, 0.05) is 32.7 Å². The van der Waals surface area contributed by atoms with Crippen LogP contribution in [-0.4, -0.2) is 99.0 Å². The van der Waals surface area contributed by atoms with E-state index >= 15 is 0 Å². The van der Waals surface area contributed by atoms with E-state index in [1.807, 2.05) is 0 Å². The van der Waals surface area contributed by atoms with Crippen LogP contribution in [0, 0.1) is 0 Å². The lowest BCUT2D eigenvalue weighted by Crippen LogP contribution is -2.44. The van der Waals surface area contributed by atoms with Crippen molar-refractivity contribution in [3.05, 3.63) is 0 Å². The monoisotopic (exact) mass is 494 g/mol. The quantitative estimate of drug-likeness (QED) is 0.165. The number of alkyl carbamates (subject to hydrolysis) is 1. The van der Waals surface area contributed by atoms with E-state index in [9.17, 15) is 24.0 Å². The van der Waals surface area contributed by atoms with Crippen molar-refractivity contribution >= 4 is 41.1 Å². The number of ether oxygens (including phenoxy) is 6. The third-order valence-electron chi connectivity index (χ3n) is 4.05. The molecule has 1 aliphatic heterocycles. The van der Waals surface area contributed by atoms with Gasteiger partial charge in [0.05, 0.1) is 19.8 Å². The molecule has 1 atom stereocenters. The van der Waals surface area contributed by atoms with Crippen LogP contribution in [0.3, 0.4) is 0 Å². The van der Waals surface area contributed by atoms with Crippen LogP contribution in [0.1, 0.15) is 26.7 Å². The highest BCUT2D eigenvalue weighted by Gasteiger charge is 2.25. The van der Waals surface area contributed by atoms with Crippen molar-refractivity contribution in [2.45, 2.75) is 32.7 Å². The summed E-state index contributed by atoms with van der Waals surface area (Å²) in [5, 5.41) is 1.43. The standard InChI is InChI=1S/C19H30N2O11S/c1-14(22)29-12-31-18(25)20-16(11-33-19(26)32-13-30-15(2)23)17(24)28-8-4-3-5-21-6-9-27-10-7-21/h16H,3-13H2,1-2H3,(H,20,25)/t16-/m0/s1. The minimum atomic E-state index is -1.24. The van der Waals surface area contributed by atoms with Crippen LogP contribution >= 0.6 is 11.8 Å². The first kappa shape index (κ1) is 28.5. The Morgan fingerprint density at radius 1 is 0.909 bits per heavy atom. The number of nitrogens with one attached hydrogen (secondary N) is 1. The minimum absolute atomic E-state index is 0.130. The molecule has 33 heavy (non-hydrogen) atoms. The molecule has 0 aromatic heterocycles. The molecule has 1 heterocycles. The van der Waals surface area contributed by atoms with Crippen molar-refractivity contribution in [1.82, 2.24) is 10.2 Å². The van der Waals surface area contributed by atoms with Gasteiger partial charge in [-0.15, -0.1) is 0 Å². The van der Waals surface area contributed by atoms with Gasteiger partial charge in [-0.1, -0.05) is 0 Å². The fourth-order valence-corrected chi connectivity index (χ4v) is 3.06. The fraction of sp³-hybridized carbons (Fsp3) is 0.737. The predicted molar refractivity (Wildman–Crippen MR) is 113 cm³/mol. The van der Waals surface area contributed by atoms with Crippen LogP contribution in [-0.2, 0) is 42.8 Å². The first-order chi connectivity index (χ1) is 15.8. The lowest BCUT2D eigenvalue weighted by Gasteiger charge is -2.26. The highest BCUT2D eigenvalue weighted by Crippen LogP contribution is 2.10. The van der Waals surface area contributed by atoms with Gasteiger partial charge in [0.1, 0.15) is 6.04 Å². The number of rotatable bonds is 13. The summed E-state index contributed by atoms with van der Waals surface area (Å²) in [4.78, 5) is 59.6. The SMILES string of the molecule is CC(=O)OCOC(=O)N[C@@H](CSC(=O)OCOC(C)=O)C(=O)OCCCCN1CCOCC1. The first-order valence-electron chi connectivity index (χ1n) is 10.2. The zero-order valence-corrected chi connectivity index (χ0v) is 19.5. The first-order valence-corrected chi connectivity index (χ1v) is 11.2. The molecule has 14 heteroatoms. The third kappa shape index (κ3) is 15.0. The smallest absolute Gasteiger partial charge is 0.410 e. The summed E-state index contributed by atoms with van der Waals surface area (Å²) in [5.74, 6) is -2.28. The van der Waals surface area contributed by atoms with Gasteiger partial charge in [-0.2, -0.15) is 0 Å². The molecule has 0 unspecified atom stereocenters. The van der Waals surface area contributed by atoms with Crippen molar-refractivity contribution in [1.29, 1.82) is 0 Å². The van der Waals surface area contributed by atoms with Gasteiger partial charge >= 0.3 is 29.3 Å². The largest absolute Gasteiger partial charge is 0.464 e. The van der Waals surface area contributed by atoms with E-state index in [2.05, 4.69) is 29.2 Å². The summed E-state index contributed by atoms with van der Waals surface area (Å²) in [6.07, 6.45) is 0.386. The maximum absolute atomic E-state index is 12.4. The average molecular weight is 495 g/mol. The second kappa shape index (κ2) is 17.0. The summed E-state index contributed by atoms with van der Waals surface area (Å²) in [6, 6.07) is -1.24. The van der Waals surface area contributed by atoms with Crippen molar-refractivity contribution in [2.75, 3.05) is 58.8 Å². The van der Waals surface area contributed by atoms with Crippen LogP contribution in [0.4, 0.5) is 9.59 Å². The number of thioether (sulfide) groups is 1. The van der Waals surface area contributed by atoms with Gasteiger partial charge in [-0.25, -0.2) is 14.4 Å². The number of hydrogen-bond donors (Lipinski definition) is 1. The molecule has 1 fully saturated rings. The van der Waals surface area contributed by atoms with E-state index in [0.29, 0.717) is 31.4 Å². The van der Waals surface area contributed by atoms with Crippen LogP contribution in [0.5, 0.6) is 0 Å². The maximum atomic E-state index is 12.4. The Hall–Kier alpha value is -2.58. The predicted octanol–water partition coefficient (Wildman–Crippen LogP) is 0.648. The zero-order chi connectivity index (χ0) is 24.5. The van der Waals surface area contributed by atoms with Crippen LogP contribution in [0.15, 0.2) is 0 Å². The highest BCUT2D eigenvalue weighted by atomic mass is 32.2. The molecule has 1 rings (SSSR count). The van der Waals surface area contributed by atoms with Crippen LogP contribution < -0.4 is 5.32 Å². The highest BCUT2D eigenvalue weighted by molar-refractivity contribution is 8.13. The molecule has 1 N–H and O–H groups in total. The normalized spacial score (nSPS) is 14.5. The van der Waals surface area contributed by atoms with E-state index in [1.54, 1.807) is 0 Å². The Labute approximate surface area is 195 Å². The van der Waals surface area contributed by atoms with E-state index in [1.165, 1.54) is 0 Å². The molecule has 0 spiro atoms. The number of morpholine rings is 1. The zero-order valence-electron chi connectivity index (χ0n) is 18.7. The number of nitrogens with zero attached hydrogens (tertiary/aromatic N) is 1. The molecule has 188 valence electrons. The van der Waals surface area contributed by atoms with Gasteiger partial charge in [-0.05, 0) is 31.1 Å². The molecule has 1 amide bonds. The number of unbranched alkanes of at least 4 members (excludes halogenated alkanes) is 1. The summed E-state index contributed by atoms with van der Waals surface area (Å²) < 4.78 is 28.8. The molecular formula is C19H30N2O11S. The molecule has 0 aromatic carbocycles. The molecule has 0 saturated carbocycles. The Bertz CT molecular complexity index is 656. The van der Waals surface area contributed by atoms with Gasteiger partial charge in [0.15, 0.2) is 0 Å². The van der Waals surface area contributed by atoms with Gasteiger partial charge in [0.2, 0.25) is 13.6 Å². The second-order valence-electron chi connectivity index (χ2n) is 6.67. The van der Waals surface area contributed by atoms with E-state index in [4.69, 9.17) is 9.47 Å². The number of carbonyl (C=O) groups excluding carboxylic acids is 5. The Kier molecular flexibility index (Phi) is 14.6. The molecule has 0 aliphatic carbocycles. The van der Waals surface area contributed by atoms with Crippen LogP contribution in [0.25, 0.3) is 0 Å². The van der Waals surface area contributed by atoms with E-state index < -0.39 is 48.9 Å². The fourth-order valence-electron chi connectivity index (χ4n) is 2.41. The molecule has 0 aromatic rings. The molecule has 1 saturated heterocycles. The topological polar surface area (TPSA) is 156 Å². The molecule has 0 bridgehead atoms. The maximum Gasteiger partial charge on any atom is 0.410 e. The molecular weight excluding hydrogens is 464 g/mol. The number of hydrogen-bond acceptors (Lipinski definition) is 13. The summed E-state index contributed by atoms with van der Waals surface area (Å²) in [7, 11) is 0. The van der Waals surface area contributed by atoms with Gasteiger partial charge in [0.25, 0.3) is 0 Å². The summed E-state index contributed by atoms with van der Waals surface area (Å²) >= 11 is 0.570. The lowest BCUT2D eigenvalue weighted by molar-refractivity contribution is -0.150. The Morgan fingerprint density at radius 2 is 1.55 bits per heavy atom. The van der Waals surface area contributed by atoms with Crippen molar-refractivity contribution in [3.63, 3.8) is 0 Å². The second-order valence-corrected chi connectivity index (χ2v) is 7.63. The number of amides is 1. The number of esters is 3. The van der Waals surface area contributed by atoms with Crippen LogP contribution in [0.2, 0.25) is 0 Å². The van der Waals surface area contributed by atoms with Gasteiger partial charge in [-0.3, -0.25) is 14.5 Å². The minimum Gasteiger partial charge on any atom is -0.464 e. The average Bonchev–Trinajstić information content (AvgIpc) is 2.76. The number of carbonyl (C=O) groups is 5. The summed E-state index contributed by atoms with van der Waals surface area (Å²) in [6.45, 7) is 5.21. The molecule has 13 nitrogen and oxygen atoms in total. The Morgan fingerprint density at radius 3 is 2.18 bits per heavy atom. The van der Waals surface area contributed by atoms with Crippen molar-refractivity contribution < 1.29 is 52.4 Å². The van der Waals surface area contributed by atoms with Crippen molar-refractivity contribution in [3.8, 4) is 0 Å². The van der Waals surface area contributed by atoms with E-state index in [0.717, 1.165) is 39.9 Å². The molecule has 1 aliphatic rings. The van der Waals surface area contributed by atoms with Crippen molar-refractivity contribution in [2.24, 2.45) is 0 Å². The van der Waals surface area contributed by atoms with E-state index in [-0.39, 0.29) is 12.4 Å². The summed E-state index contributed by atoms with van der Waals surface area (Å²) in [5.41, 5.74) is 0. The lowest BCUT2D eigenvalue weighted by atomic mass is 10.3. The molecule has 0 radical (unpaired) electrons. The van der Waals surface area contributed by atoms with Gasteiger partial charge < -0.3 is 33.7 Å². The third-order valence-corrected chi connectivity index (χ3v) is 4.91.